The van der Waals surface area contributed by atoms with Gasteiger partial charge in [0.1, 0.15) is 13.3 Å². The minimum absolute atomic E-state index is 0.386. The third kappa shape index (κ3) is 4.65. The Bertz CT molecular complexity index is 702. The molecule has 146 valence electrons. The molecule has 1 saturated heterocycles. The van der Waals surface area contributed by atoms with Crippen molar-refractivity contribution in [2.75, 3.05) is 59.7 Å². The van der Waals surface area contributed by atoms with E-state index in [1.54, 1.807) is 11.8 Å². The van der Waals surface area contributed by atoms with Crippen LogP contribution in [0.3, 0.4) is 0 Å². The second-order valence-electron chi connectivity index (χ2n) is 6.91. The predicted molar refractivity (Wildman–Crippen MR) is 100 cm³/mol. The number of aromatic nitrogens is 3. The Morgan fingerprint density at radius 1 is 1.04 bits per heavy atom. The minimum Gasteiger partial charge on any atom is -0.461 e. The first-order valence-corrected chi connectivity index (χ1v) is 9.50. The van der Waals surface area contributed by atoms with Crippen molar-refractivity contribution in [1.82, 2.24) is 24.6 Å². The van der Waals surface area contributed by atoms with Crippen LogP contribution in [0, 0.1) is 0 Å². The minimum atomic E-state index is 0.386. The van der Waals surface area contributed by atoms with E-state index in [1.165, 1.54) is 5.56 Å². The van der Waals surface area contributed by atoms with E-state index < -0.39 is 0 Å². The standard InChI is InChI=1S/C19H27N5O3/c1-25-11-10-22-6-8-23(9-7-22)14-16-2-4-17(5-3-16)18-20-19-24(21-18)15-26-12-13-27-19/h2-5H,6-15H2,1H3. The fraction of sp³-hybridized carbons (Fsp3) is 0.579. The van der Waals surface area contributed by atoms with Crippen LogP contribution in [-0.2, 0) is 22.7 Å². The highest BCUT2D eigenvalue weighted by Crippen LogP contribution is 2.21. The third-order valence-electron chi connectivity index (χ3n) is 5.01. The average Bonchev–Trinajstić information content (AvgIpc) is 2.98. The monoisotopic (exact) mass is 373 g/mol. The molecule has 0 unspecified atom stereocenters. The molecule has 1 aromatic heterocycles. The van der Waals surface area contributed by atoms with Gasteiger partial charge in [-0.3, -0.25) is 9.80 Å². The molecule has 8 heteroatoms. The van der Waals surface area contributed by atoms with Crippen LogP contribution < -0.4 is 4.74 Å². The molecule has 0 saturated carbocycles. The Morgan fingerprint density at radius 2 is 1.81 bits per heavy atom. The van der Waals surface area contributed by atoms with Gasteiger partial charge in [0.05, 0.1) is 13.2 Å². The summed E-state index contributed by atoms with van der Waals surface area (Å²) < 4.78 is 17.8. The zero-order chi connectivity index (χ0) is 18.5. The van der Waals surface area contributed by atoms with Crippen LogP contribution in [0.1, 0.15) is 5.56 Å². The molecule has 27 heavy (non-hydrogen) atoms. The lowest BCUT2D eigenvalue weighted by Crippen LogP contribution is -2.46. The lowest BCUT2D eigenvalue weighted by atomic mass is 10.1. The fourth-order valence-electron chi connectivity index (χ4n) is 3.39. The second-order valence-corrected chi connectivity index (χ2v) is 6.91. The van der Waals surface area contributed by atoms with Crippen molar-refractivity contribution >= 4 is 0 Å². The molecule has 2 aliphatic rings. The van der Waals surface area contributed by atoms with Crippen LogP contribution in [0.4, 0.5) is 0 Å². The largest absolute Gasteiger partial charge is 0.461 e. The lowest BCUT2D eigenvalue weighted by Gasteiger charge is -2.34. The summed E-state index contributed by atoms with van der Waals surface area (Å²) in [5, 5.41) is 4.49. The lowest BCUT2D eigenvalue weighted by molar-refractivity contribution is 0.0738. The molecular weight excluding hydrogens is 346 g/mol. The summed E-state index contributed by atoms with van der Waals surface area (Å²) >= 11 is 0. The van der Waals surface area contributed by atoms with Crippen LogP contribution >= 0.6 is 0 Å². The summed E-state index contributed by atoms with van der Waals surface area (Å²) in [5.74, 6) is 0.675. The highest BCUT2D eigenvalue weighted by Gasteiger charge is 2.18. The molecule has 4 rings (SSSR count). The van der Waals surface area contributed by atoms with E-state index in [4.69, 9.17) is 14.2 Å². The van der Waals surface area contributed by atoms with Gasteiger partial charge in [0.2, 0.25) is 0 Å². The first kappa shape index (κ1) is 18.4. The molecule has 0 atom stereocenters. The van der Waals surface area contributed by atoms with Gasteiger partial charge in [-0.2, -0.15) is 9.67 Å². The molecule has 0 spiro atoms. The SMILES string of the molecule is COCCN1CCN(Cc2ccc(-c3nc4n(n3)COCCO4)cc2)CC1. The average molecular weight is 373 g/mol. The quantitative estimate of drug-likeness (QED) is 0.751. The number of hydrogen-bond donors (Lipinski definition) is 0. The van der Waals surface area contributed by atoms with Crippen molar-refractivity contribution in [2.24, 2.45) is 0 Å². The number of methoxy groups -OCH3 is 1. The number of hydrogen-bond acceptors (Lipinski definition) is 7. The summed E-state index contributed by atoms with van der Waals surface area (Å²) in [6, 6.07) is 9.02. The highest BCUT2D eigenvalue weighted by atomic mass is 16.6. The van der Waals surface area contributed by atoms with Crippen LogP contribution in [0.2, 0.25) is 0 Å². The van der Waals surface area contributed by atoms with E-state index in [-0.39, 0.29) is 0 Å². The van der Waals surface area contributed by atoms with E-state index in [0.717, 1.165) is 51.4 Å². The molecular formula is C19H27N5O3. The molecule has 1 fully saturated rings. The van der Waals surface area contributed by atoms with Gasteiger partial charge in [-0.05, 0) is 5.56 Å². The molecule has 2 aliphatic heterocycles. The zero-order valence-electron chi connectivity index (χ0n) is 15.8. The van der Waals surface area contributed by atoms with Gasteiger partial charge in [0, 0.05) is 51.9 Å². The number of ether oxygens (including phenoxy) is 3. The van der Waals surface area contributed by atoms with E-state index in [2.05, 4.69) is 44.1 Å². The zero-order valence-corrected chi connectivity index (χ0v) is 15.8. The number of piperazine rings is 1. The van der Waals surface area contributed by atoms with Crippen molar-refractivity contribution in [3.8, 4) is 17.4 Å². The first-order chi connectivity index (χ1) is 13.3. The van der Waals surface area contributed by atoms with Crippen molar-refractivity contribution in [2.45, 2.75) is 13.3 Å². The molecule has 0 bridgehead atoms. The maximum Gasteiger partial charge on any atom is 0.317 e. The number of fused-ring (bicyclic) bond motifs is 1. The van der Waals surface area contributed by atoms with E-state index >= 15 is 0 Å². The molecule has 1 aromatic carbocycles. The van der Waals surface area contributed by atoms with Crippen molar-refractivity contribution in [3.63, 3.8) is 0 Å². The maximum absolute atomic E-state index is 5.55. The van der Waals surface area contributed by atoms with Crippen LogP contribution in [0.25, 0.3) is 11.4 Å². The Balaban J connectivity index is 1.33. The van der Waals surface area contributed by atoms with Crippen LogP contribution in [-0.4, -0.2) is 84.2 Å². The molecule has 0 aliphatic carbocycles. The second kappa shape index (κ2) is 8.79. The highest BCUT2D eigenvalue weighted by molar-refractivity contribution is 5.55. The molecule has 0 radical (unpaired) electrons. The molecule has 3 heterocycles. The summed E-state index contributed by atoms with van der Waals surface area (Å²) in [4.78, 5) is 9.44. The number of nitrogens with zero attached hydrogens (tertiary/aromatic N) is 5. The van der Waals surface area contributed by atoms with E-state index in [9.17, 15) is 0 Å². The van der Waals surface area contributed by atoms with Crippen molar-refractivity contribution in [3.05, 3.63) is 29.8 Å². The van der Waals surface area contributed by atoms with Gasteiger partial charge in [-0.1, -0.05) is 24.3 Å². The number of rotatable bonds is 6. The van der Waals surface area contributed by atoms with Gasteiger partial charge in [0.15, 0.2) is 5.82 Å². The van der Waals surface area contributed by atoms with Gasteiger partial charge in [-0.15, -0.1) is 5.10 Å². The summed E-state index contributed by atoms with van der Waals surface area (Å²) in [5.41, 5.74) is 2.30. The maximum atomic E-state index is 5.55. The van der Waals surface area contributed by atoms with E-state index in [1.807, 2.05) is 0 Å². The third-order valence-corrected chi connectivity index (χ3v) is 5.01. The van der Waals surface area contributed by atoms with Gasteiger partial charge < -0.3 is 14.2 Å². The molecule has 0 N–H and O–H groups in total. The molecule has 0 amide bonds. The summed E-state index contributed by atoms with van der Waals surface area (Å²) in [6.45, 7) is 8.67. The predicted octanol–water partition coefficient (Wildman–Crippen LogP) is 1.08. The topological polar surface area (TPSA) is 64.9 Å². The van der Waals surface area contributed by atoms with E-state index in [0.29, 0.717) is 31.8 Å². The molecule has 8 nitrogen and oxygen atoms in total. The van der Waals surface area contributed by atoms with Crippen LogP contribution in [0.15, 0.2) is 24.3 Å². The Kier molecular flexibility index (Phi) is 5.98. The Labute approximate surface area is 159 Å². The summed E-state index contributed by atoms with van der Waals surface area (Å²) in [7, 11) is 1.76. The van der Waals surface area contributed by atoms with Crippen molar-refractivity contribution in [1.29, 1.82) is 0 Å². The van der Waals surface area contributed by atoms with Gasteiger partial charge in [-0.25, -0.2) is 0 Å². The smallest absolute Gasteiger partial charge is 0.317 e. The molecule has 2 aromatic rings. The van der Waals surface area contributed by atoms with Gasteiger partial charge in [0.25, 0.3) is 0 Å². The van der Waals surface area contributed by atoms with Crippen molar-refractivity contribution < 1.29 is 14.2 Å². The normalized spacial score (nSPS) is 18.7. The first-order valence-electron chi connectivity index (χ1n) is 9.50. The Morgan fingerprint density at radius 3 is 2.59 bits per heavy atom. The summed E-state index contributed by atoms with van der Waals surface area (Å²) in [6.07, 6.45) is 0. The Hall–Kier alpha value is -2.00. The fourth-order valence-corrected chi connectivity index (χ4v) is 3.39. The van der Waals surface area contributed by atoms with Crippen LogP contribution in [0.5, 0.6) is 6.01 Å². The number of benzene rings is 1. The van der Waals surface area contributed by atoms with Gasteiger partial charge >= 0.3 is 6.01 Å².